The van der Waals surface area contributed by atoms with Crippen LogP contribution in [0.2, 0.25) is 5.02 Å². The first-order valence-electron chi connectivity index (χ1n) is 7.57. The van der Waals surface area contributed by atoms with Gasteiger partial charge >= 0.3 is 12.1 Å². The lowest BCUT2D eigenvalue weighted by Gasteiger charge is -2.14. The molecule has 1 atom stereocenters. The lowest BCUT2D eigenvalue weighted by Crippen LogP contribution is -2.30. The van der Waals surface area contributed by atoms with Gasteiger partial charge in [0.25, 0.3) is 5.91 Å². The molecule has 2 aromatic rings. The molecule has 0 saturated carbocycles. The molecule has 0 radical (unpaired) electrons. The van der Waals surface area contributed by atoms with Gasteiger partial charge in [-0.05, 0) is 42.8 Å². The fourth-order valence-corrected chi connectivity index (χ4v) is 2.22. The summed E-state index contributed by atoms with van der Waals surface area (Å²) in [5, 5.41) is 3.05. The molecule has 2 rings (SSSR count). The number of ether oxygens (including phenoxy) is 1. The Labute approximate surface area is 152 Å². The van der Waals surface area contributed by atoms with Crippen LogP contribution in [0.5, 0.6) is 0 Å². The van der Waals surface area contributed by atoms with Crippen LogP contribution in [-0.2, 0) is 26.9 Å². The summed E-state index contributed by atoms with van der Waals surface area (Å²) in [5.74, 6) is -1.37. The Bertz CT molecular complexity index is 791. The Morgan fingerprint density at radius 3 is 2.42 bits per heavy atom. The molecule has 0 aliphatic rings. The van der Waals surface area contributed by atoms with Crippen molar-refractivity contribution >= 4 is 29.2 Å². The average Bonchev–Trinajstić information content (AvgIpc) is 2.56. The summed E-state index contributed by atoms with van der Waals surface area (Å²) in [6, 6.07) is 10.7. The van der Waals surface area contributed by atoms with Crippen LogP contribution < -0.4 is 5.32 Å². The molecule has 0 saturated heterocycles. The van der Waals surface area contributed by atoms with E-state index < -0.39 is 29.7 Å². The Hall–Kier alpha value is -2.54. The second-order valence-electron chi connectivity index (χ2n) is 5.50. The van der Waals surface area contributed by atoms with E-state index in [2.05, 4.69) is 5.32 Å². The largest absolute Gasteiger partial charge is 0.452 e. The van der Waals surface area contributed by atoms with Crippen LogP contribution >= 0.6 is 11.6 Å². The number of rotatable bonds is 5. The summed E-state index contributed by atoms with van der Waals surface area (Å²) in [6.07, 6.45) is -5.97. The summed E-state index contributed by atoms with van der Waals surface area (Å²) < 4.78 is 43.0. The number of amides is 1. The van der Waals surface area contributed by atoms with Crippen molar-refractivity contribution in [1.29, 1.82) is 0 Å². The van der Waals surface area contributed by atoms with Gasteiger partial charge in [-0.2, -0.15) is 13.2 Å². The van der Waals surface area contributed by atoms with Gasteiger partial charge in [-0.15, -0.1) is 0 Å². The standard InChI is InChI=1S/C18H15ClF3NO3/c1-11(17(25)23-15-7-5-14(19)6-8-15)26-16(24)10-12-3-2-4-13(9-12)18(20,21)22/h2-9,11H,10H2,1H3,(H,23,25)/t11-/m0/s1. The highest BCUT2D eigenvalue weighted by molar-refractivity contribution is 6.30. The lowest BCUT2D eigenvalue weighted by atomic mass is 10.1. The molecular formula is C18H15ClF3NO3. The molecule has 1 N–H and O–H groups in total. The van der Waals surface area contributed by atoms with E-state index in [0.29, 0.717) is 10.7 Å². The van der Waals surface area contributed by atoms with Crippen molar-refractivity contribution in [1.82, 2.24) is 0 Å². The summed E-state index contributed by atoms with van der Waals surface area (Å²) in [4.78, 5) is 23.9. The van der Waals surface area contributed by atoms with E-state index in [1.54, 1.807) is 24.3 Å². The minimum absolute atomic E-state index is 0.148. The van der Waals surface area contributed by atoms with Gasteiger partial charge in [0.1, 0.15) is 0 Å². The van der Waals surface area contributed by atoms with E-state index in [-0.39, 0.29) is 12.0 Å². The third-order valence-electron chi connectivity index (χ3n) is 3.39. The van der Waals surface area contributed by atoms with Gasteiger partial charge in [0, 0.05) is 10.7 Å². The molecule has 26 heavy (non-hydrogen) atoms. The molecule has 1 amide bonds. The molecule has 0 heterocycles. The van der Waals surface area contributed by atoms with Crippen molar-refractivity contribution in [2.75, 3.05) is 5.32 Å². The van der Waals surface area contributed by atoms with E-state index in [9.17, 15) is 22.8 Å². The Balaban J connectivity index is 1.92. The van der Waals surface area contributed by atoms with E-state index >= 15 is 0 Å². The third kappa shape index (κ3) is 5.77. The first kappa shape index (κ1) is 19.8. The summed E-state index contributed by atoms with van der Waals surface area (Å²) in [5.41, 5.74) is -0.230. The van der Waals surface area contributed by atoms with Crippen molar-refractivity contribution < 1.29 is 27.5 Å². The maximum absolute atomic E-state index is 12.7. The first-order valence-corrected chi connectivity index (χ1v) is 7.95. The van der Waals surface area contributed by atoms with Crippen molar-refractivity contribution in [2.45, 2.75) is 25.6 Å². The van der Waals surface area contributed by atoms with Crippen LogP contribution in [0.15, 0.2) is 48.5 Å². The molecule has 138 valence electrons. The van der Waals surface area contributed by atoms with E-state index in [1.807, 2.05) is 0 Å². The highest BCUT2D eigenvalue weighted by Gasteiger charge is 2.30. The second kappa shape index (κ2) is 8.23. The molecule has 0 bridgehead atoms. The van der Waals surface area contributed by atoms with E-state index in [1.165, 1.54) is 19.1 Å². The normalized spacial score (nSPS) is 12.3. The molecule has 4 nitrogen and oxygen atoms in total. The zero-order valence-electron chi connectivity index (χ0n) is 13.6. The zero-order valence-corrected chi connectivity index (χ0v) is 14.4. The topological polar surface area (TPSA) is 55.4 Å². The number of nitrogens with one attached hydrogen (secondary N) is 1. The van der Waals surface area contributed by atoms with Crippen molar-refractivity contribution in [3.8, 4) is 0 Å². The molecule has 0 aromatic heterocycles. The highest BCUT2D eigenvalue weighted by atomic mass is 35.5. The molecule has 0 fully saturated rings. The molecule has 0 spiro atoms. The van der Waals surface area contributed by atoms with Crippen LogP contribution in [0.25, 0.3) is 0 Å². The fourth-order valence-electron chi connectivity index (χ4n) is 2.09. The summed E-state index contributed by atoms with van der Waals surface area (Å²) >= 11 is 5.74. The van der Waals surface area contributed by atoms with Crippen LogP contribution in [-0.4, -0.2) is 18.0 Å². The fraction of sp³-hybridized carbons (Fsp3) is 0.222. The first-order chi connectivity index (χ1) is 12.1. The predicted molar refractivity (Wildman–Crippen MR) is 90.8 cm³/mol. The van der Waals surface area contributed by atoms with Crippen LogP contribution in [0.1, 0.15) is 18.1 Å². The van der Waals surface area contributed by atoms with Crippen molar-refractivity contribution in [3.05, 3.63) is 64.7 Å². The average molecular weight is 386 g/mol. The molecule has 0 aliphatic heterocycles. The highest BCUT2D eigenvalue weighted by Crippen LogP contribution is 2.29. The van der Waals surface area contributed by atoms with Crippen LogP contribution in [0, 0.1) is 0 Å². The van der Waals surface area contributed by atoms with Crippen LogP contribution in [0.3, 0.4) is 0 Å². The number of carbonyl (C=O) groups is 2. The van der Waals surface area contributed by atoms with Gasteiger partial charge < -0.3 is 10.1 Å². The monoisotopic (exact) mass is 385 g/mol. The number of alkyl halides is 3. The number of hydrogen-bond acceptors (Lipinski definition) is 3. The van der Waals surface area contributed by atoms with E-state index in [0.717, 1.165) is 12.1 Å². The van der Waals surface area contributed by atoms with Crippen molar-refractivity contribution in [3.63, 3.8) is 0 Å². The SMILES string of the molecule is C[C@H](OC(=O)Cc1cccc(C(F)(F)F)c1)C(=O)Nc1ccc(Cl)cc1. The maximum Gasteiger partial charge on any atom is 0.416 e. The Morgan fingerprint density at radius 2 is 1.81 bits per heavy atom. The number of benzene rings is 2. The van der Waals surface area contributed by atoms with Crippen molar-refractivity contribution in [2.24, 2.45) is 0 Å². The number of esters is 1. The Morgan fingerprint density at radius 1 is 1.15 bits per heavy atom. The third-order valence-corrected chi connectivity index (χ3v) is 3.64. The summed E-state index contributed by atoms with van der Waals surface area (Å²) in [7, 11) is 0. The molecule has 8 heteroatoms. The smallest absolute Gasteiger partial charge is 0.416 e. The molecular weight excluding hydrogens is 371 g/mol. The summed E-state index contributed by atoms with van der Waals surface area (Å²) in [6.45, 7) is 1.37. The van der Waals surface area contributed by atoms with Crippen LogP contribution in [0.4, 0.5) is 18.9 Å². The Kier molecular flexibility index (Phi) is 6.26. The quantitative estimate of drug-likeness (QED) is 0.772. The molecule has 0 unspecified atom stereocenters. The van der Waals surface area contributed by atoms with Gasteiger partial charge in [-0.3, -0.25) is 9.59 Å². The lowest BCUT2D eigenvalue weighted by molar-refractivity contribution is -0.152. The van der Waals surface area contributed by atoms with Gasteiger partial charge in [0.15, 0.2) is 6.10 Å². The molecule has 0 aliphatic carbocycles. The van der Waals surface area contributed by atoms with Gasteiger partial charge in [0.2, 0.25) is 0 Å². The zero-order chi connectivity index (χ0) is 19.3. The predicted octanol–water partition coefficient (Wildman–Crippen LogP) is 4.47. The minimum atomic E-state index is -4.49. The minimum Gasteiger partial charge on any atom is -0.452 e. The van der Waals surface area contributed by atoms with Gasteiger partial charge in [0.05, 0.1) is 12.0 Å². The van der Waals surface area contributed by atoms with Gasteiger partial charge in [-0.1, -0.05) is 29.8 Å². The van der Waals surface area contributed by atoms with E-state index in [4.69, 9.17) is 16.3 Å². The number of carbonyl (C=O) groups excluding carboxylic acids is 2. The number of anilines is 1. The maximum atomic E-state index is 12.7. The second-order valence-corrected chi connectivity index (χ2v) is 5.94. The van der Waals surface area contributed by atoms with Gasteiger partial charge in [-0.25, -0.2) is 0 Å². The number of halogens is 4. The molecule has 2 aromatic carbocycles. The number of hydrogen-bond donors (Lipinski definition) is 1.